The minimum atomic E-state index is -0.151. The van der Waals surface area contributed by atoms with Crippen LogP contribution in [0.25, 0.3) is 0 Å². The van der Waals surface area contributed by atoms with Gasteiger partial charge in [-0.1, -0.05) is 72.9 Å². The number of carbonyl (C=O) groups is 6. The van der Waals surface area contributed by atoms with Crippen LogP contribution in [0.1, 0.15) is 96.3 Å². The molecule has 4 aliphatic heterocycles. The molecular weight excluding hydrogens is 949 g/mol. The minimum Gasteiger partial charge on any atom is -0.469 e. The van der Waals surface area contributed by atoms with Gasteiger partial charge in [0, 0.05) is 10.5 Å². The molecule has 13 aliphatic rings. The van der Waals surface area contributed by atoms with Crippen molar-refractivity contribution in [2.45, 2.75) is 119 Å². The molecule has 0 spiro atoms. The first kappa shape index (κ1) is 54.8. The normalized spacial score (nSPS) is 40.4. The van der Waals surface area contributed by atoms with Crippen LogP contribution in [0.4, 0.5) is 0 Å². The van der Waals surface area contributed by atoms with Crippen LogP contribution < -0.4 is 0 Å². The average Bonchev–Trinajstić information content (AvgIpc) is 4.30. The summed E-state index contributed by atoms with van der Waals surface area (Å²) in [7, 11) is 8.82. The third-order valence-electron chi connectivity index (χ3n) is 18.5. The Morgan fingerprint density at radius 2 is 1.07 bits per heavy atom. The Kier molecular flexibility index (Phi) is 19.1. The van der Waals surface area contributed by atoms with E-state index in [1.165, 1.54) is 74.8 Å². The minimum absolute atomic E-state index is 0.00185. The highest BCUT2D eigenvalue weighted by atomic mass is 32.2. The summed E-state index contributed by atoms with van der Waals surface area (Å²) in [5.74, 6) is 8.05. The zero-order valence-electron chi connectivity index (χ0n) is 43.8. The number of carbonyl (C=O) groups excluding carboxylic acids is 6. The highest BCUT2D eigenvalue weighted by Crippen LogP contribution is 2.67. The van der Waals surface area contributed by atoms with Crippen molar-refractivity contribution in [3.63, 3.8) is 0 Å². The van der Waals surface area contributed by atoms with Crippen molar-refractivity contribution in [1.82, 2.24) is 0 Å². The highest BCUT2D eigenvalue weighted by molar-refractivity contribution is 8.01. The van der Waals surface area contributed by atoms with Crippen LogP contribution in [0.3, 0.4) is 0 Å². The molecule has 0 amide bonds. The second-order valence-electron chi connectivity index (χ2n) is 22.3. The van der Waals surface area contributed by atoms with E-state index in [0.29, 0.717) is 28.3 Å². The third-order valence-corrected chi connectivity index (χ3v) is 20.0. The van der Waals surface area contributed by atoms with Crippen molar-refractivity contribution in [1.29, 1.82) is 0 Å². The number of fused-ring (bicyclic) bond motifs is 16. The Bertz CT molecular complexity index is 2050. The number of methoxy groups -OCH3 is 6. The van der Waals surface area contributed by atoms with E-state index in [2.05, 4.69) is 64.2 Å². The van der Waals surface area contributed by atoms with Crippen molar-refractivity contribution >= 4 is 47.6 Å². The van der Waals surface area contributed by atoms with Crippen molar-refractivity contribution in [3.05, 3.63) is 72.9 Å². The predicted octanol–water partition coefficient (Wildman–Crippen LogP) is 9.41. The summed E-state index contributed by atoms with van der Waals surface area (Å²) in [5, 5.41) is 0.969. The lowest BCUT2D eigenvalue weighted by Crippen LogP contribution is -2.34. The fourth-order valence-corrected chi connectivity index (χ4v) is 16.5. The monoisotopic (exact) mass is 1030 g/mol. The Labute approximate surface area is 437 Å². The molecule has 73 heavy (non-hydrogen) atoms. The Hall–Kier alpha value is -4.43. The fourth-order valence-electron chi connectivity index (χ4n) is 15.0. The first-order valence-corrected chi connectivity index (χ1v) is 28.1. The van der Waals surface area contributed by atoms with Crippen LogP contribution >= 0.6 is 11.8 Å². The smallest absolute Gasteiger partial charge is 0.311 e. The van der Waals surface area contributed by atoms with Crippen LogP contribution in [0.2, 0.25) is 0 Å². The molecule has 20 unspecified atom stereocenters. The fraction of sp³-hybridized carbons (Fsp3) is 0.695. The van der Waals surface area contributed by atoms with Crippen molar-refractivity contribution in [3.8, 4) is 0 Å². The van der Waals surface area contributed by atoms with Gasteiger partial charge in [0.15, 0.2) is 0 Å². The van der Waals surface area contributed by atoms with E-state index in [9.17, 15) is 28.8 Å². The molecule has 5 saturated carbocycles. The van der Waals surface area contributed by atoms with Crippen LogP contribution in [0, 0.1) is 94.7 Å². The summed E-state index contributed by atoms with van der Waals surface area (Å²) >= 11 is 1.87. The molecule has 10 bridgehead atoms. The van der Waals surface area contributed by atoms with Gasteiger partial charge in [-0.15, -0.1) is 11.8 Å². The van der Waals surface area contributed by atoms with Gasteiger partial charge < -0.3 is 33.2 Å². The SMILES string of the molecule is COC(=O)C1CC2C=CC1C2.COC(=O)C1CC2C=CC1O2.COC(=O)C1CC2C=CC1S2.COC(=O)C1CC2CC1C1C3C=CC(C3)C21.COC(=O)C1CC=CCC1.COC(=O)C1CCC2CC=CCC2C1. The molecular formula is C59H80O13S. The van der Waals surface area contributed by atoms with E-state index < -0.39 is 0 Å². The molecule has 2 saturated heterocycles. The number of allylic oxidation sites excluding steroid dienone is 8. The molecule has 0 aromatic rings. The van der Waals surface area contributed by atoms with E-state index in [1.807, 2.05) is 30.0 Å². The highest BCUT2D eigenvalue weighted by Gasteiger charge is 2.62. The van der Waals surface area contributed by atoms with E-state index in [-0.39, 0.29) is 83.5 Å². The molecule has 20 atom stereocenters. The second kappa shape index (κ2) is 25.4. The number of esters is 6. The van der Waals surface area contributed by atoms with Gasteiger partial charge in [0.1, 0.15) is 0 Å². The standard InChI is InChI=1S/C14H18O2.C12H18O2.C9H12O2.C8H10O3.C8H10O2S.C8H12O2/c1-16-14(15)11-6-9-5-10(11)13-8-3-2-7(4-8)12(9)13;1-14-12(13)11-7-6-9-4-2-3-5-10(9)8-11;1-11-9(10)8-5-6-2-3-7(8)4-6;2*1-10-8(9)6-4-5-2-3-7(6)11-5;1-10-8(9)7-5-3-2-4-6-7/h2-3,7-13H,4-6H2,1H3;2-3,9-11H,4-8H2,1H3;2-3,6-8H,4-5H2,1H3;2*2-3,5-7H,4H2,1H3;2-3,7H,4-6H2,1H3. The maximum atomic E-state index is 11.8. The zero-order chi connectivity index (χ0) is 51.8. The van der Waals surface area contributed by atoms with Gasteiger partial charge >= 0.3 is 35.8 Å². The second-order valence-corrected chi connectivity index (χ2v) is 23.7. The maximum Gasteiger partial charge on any atom is 0.311 e. The lowest BCUT2D eigenvalue weighted by molar-refractivity contribution is -0.149. The Morgan fingerprint density at radius 1 is 0.438 bits per heavy atom. The average molecular weight is 1030 g/mol. The lowest BCUT2D eigenvalue weighted by Gasteiger charge is -2.36. The lowest BCUT2D eigenvalue weighted by atomic mass is 9.69. The zero-order valence-corrected chi connectivity index (χ0v) is 44.6. The molecule has 14 heteroatoms. The van der Waals surface area contributed by atoms with Crippen molar-refractivity contribution in [2.24, 2.45) is 94.7 Å². The summed E-state index contributed by atoms with van der Waals surface area (Å²) in [6.07, 6.45) is 42.5. The van der Waals surface area contributed by atoms with E-state index in [0.717, 1.165) is 106 Å². The molecule has 0 aromatic carbocycles. The summed E-state index contributed by atoms with van der Waals surface area (Å²) in [5.41, 5.74) is 0. The maximum absolute atomic E-state index is 11.8. The molecule has 0 radical (unpaired) electrons. The molecule has 7 fully saturated rings. The summed E-state index contributed by atoms with van der Waals surface area (Å²) in [6, 6.07) is 0. The largest absolute Gasteiger partial charge is 0.469 e. The predicted molar refractivity (Wildman–Crippen MR) is 276 cm³/mol. The molecule has 0 N–H and O–H groups in total. The Morgan fingerprint density at radius 3 is 1.64 bits per heavy atom. The Balaban J connectivity index is 0.000000118. The van der Waals surface area contributed by atoms with Gasteiger partial charge in [-0.25, -0.2) is 0 Å². The van der Waals surface area contributed by atoms with Crippen molar-refractivity contribution < 1.29 is 61.9 Å². The van der Waals surface area contributed by atoms with Gasteiger partial charge in [-0.2, -0.15) is 0 Å². The van der Waals surface area contributed by atoms with Crippen molar-refractivity contribution in [2.75, 3.05) is 42.7 Å². The summed E-state index contributed by atoms with van der Waals surface area (Å²) in [6.45, 7) is 0. The van der Waals surface area contributed by atoms with Gasteiger partial charge in [-0.05, 0) is 155 Å². The molecule has 13 rings (SSSR count). The number of thioether (sulfide) groups is 1. The van der Waals surface area contributed by atoms with E-state index >= 15 is 0 Å². The number of hydrogen-bond donors (Lipinski definition) is 0. The van der Waals surface area contributed by atoms with Crippen LogP contribution in [0.15, 0.2) is 72.9 Å². The van der Waals surface area contributed by atoms with E-state index in [1.54, 1.807) is 0 Å². The van der Waals surface area contributed by atoms with Gasteiger partial charge in [-0.3, -0.25) is 28.8 Å². The van der Waals surface area contributed by atoms with Crippen LogP contribution in [0.5, 0.6) is 0 Å². The molecule has 400 valence electrons. The number of hydrogen-bond acceptors (Lipinski definition) is 14. The molecule has 9 aliphatic carbocycles. The molecule has 4 heterocycles. The first-order valence-electron chi connectivity index (χ1n) is 27.2. The molecule has 0 aromatic heterocycles. The van der Waals surface area contributed by atoms with Gasteiger partial charge in [0.25, 0.3) is 0 Å². The van der Waals surface area contributed by atoms with Gasteiger partial charge in [0.05, 0.1) is 90.4 Å². The van der Waals surface area contributed by atoms with Crippen LogP contribution in [-0.2, 0) is 61.9 Å². The first-order chi connectivity index (χ1) is 35.4. The topological polar surface area (TPSA) is 167 Å². The number of rotatable bonds is 6. The quantitative estimate of drug-likeness (QED) is 0.107. The summed E-state index contributed by atoms with van der Waals surface area (Å²) < 4.78 is 33.8. The summed E-state index contributed by atoms with van der Waals surface area (Å²) in [4.78, 5) is 67.4. The molecule has 13 nitrogen and oxygen atoms in total. The van der Waals surface area contributed by atoms with Crippen LogP contribution in [-0.4, -0.2) is 101 Å². The third kappa shape index (κ3) is 12.6. The van der Waals surface area contributed by atoms with Gasteiger partial charge in [0.2, 0.25) is 0 Å². The van der Waals surface area contributed by atoms with E-state index in [4.69, 9.17) is 23.7 Å². The number of ether oxygens (including phenoxy) is 7.